The molecule has 200 valence electrons. The van der Waals surface area contributed by atoms with E-state index in [1.54, 1.807) is 0 Å². The maximum Gasteiger partial charge on any atom is 0.325 e. The second-order valence-electron chi connectivity index (χ2n) is 9.24. The molecule has 0 aliphatic rings. The van der Waals surface area contributed by atoms with Crippen LogP contribution in [0.2, 0.25) is 0 Å². The highest BCUT2D eigenvalue weighted by Gasteiger charge is 2.31. The molecule has 8 heteroatoms. The fourth-order valence-electron chi connectivity index (χ4n) is 3.89. The lowest BCUT2D eigenvalue weighted by Gasteiger charge is -2.34. The summed E-state index contributed by atoms with van der Waals surface area (Å²) in [7, 11) is -4.00. The molecule has 0 aromatic heterocycles. The Morgan fingerprint density at radius 1 is 0.622 bits per heavy atom. The van der Waals surface area contributed by atoms with Crippen molar-refractivity contribution >= 4 is 7.60 Å². The highest BCUT2D eigenvalue weighted by Crippen LogP contribution is 2.35. The van der Waals surface area contributed by atoms with Gasteiger partial charge in [0.05, 0.1) is 45.2 Å². The molecule has 0 aliphatic heterocycles. The first-order valence-corrected chi connectivity index (χ1v) is 14.4. The van der Waals surface area contributed by atoms with Gasteiger partial charge >= 0.3 is 7.60 Å². The monoisotopic (exact) mass is 527 g/mol. The Balaban J connectivity index is 1.66. The Kier molecular flexibility index (Phi) is 12.5. The molecule has 3 rings (SSSR count). The quantitative estimate of drug-likeness (QED) is 0.160. The fourth-order valence-corrected chi connectivity index (χ4v) is 4.53. The SMILES string of the molecule is O=P(O)(O)CCCCNC(COCc1ccccc1)(COCc1ccccc1)COCc1ccccc1. The van der Waals surface area contributed by atoms with Crippen molar-refractivity contribution in [1.82, 2.24) is 5.32 Å². The average Bonchev–Trinajstić information content (AvgIpc) is 2.90. The number of benzene rings is 3. The first kappa shape index (κ1) is 29.2. The number of hydrogen-bond acceptors (Lipinski definition) is 5. The van der Waals surface area contributed by atoms with Crippen LogP contribution in [0, 0.1) is 0 Å². The third kappa shape index (κ3) is 12.2. The van der Waals surface area contributed by atoms with Crippen molar-refractivity contribution in [3.8, 4) is 0 Å². The Morgan fingerprint density at radius 2 is 1.00 bits per heavy atom. The van der Waals surface area contributed by atoms with Gasteiger partial charge in [0, 0.05) is 6.16 Å². The smallest absolute Gasteiger partial charge is 0.325 e. The minimum atomic E-state index is -4.00. The van der Waals surface area contributed by atoms with E-state index >= 15 is 0 Å². The third-order valence-corrected chi connectivity index (χ3v) is 6.74. The molecule has 0 heterocycles. The number of nitrogens with one attached hydrogen (secondary N) is 1. The molecule has 0 unspecified atom stereocenters. The summed E-state index contributed by atoms with van der Waals surface area (Å²) in [6.07, 6.45) is 0.915. The largest absolute Gasteiger partial charge is 0.375 e. The molecule has 0 fully saturated rings. The van der Waals surface area contributed by atoms with Gasteiger partial charge in [0.25, 0.3) is 0 Å². The Bertz CT molecular complexity index is 935. The van der Waals surface area contributed by atoms with E-state index in [4.69, 9.17) is 14.2 Å². The van der Waals surface area contributed by atoms with Crippen molar-refractivity contribution in [3.63, 3.8) is 0 Å². The van der Waals surface area contributed by atoms with Gasteiger partial charge in [0.2, 0.25) is 0 Å². The zero-order valence-electron chi connectivity index (χ0n) is 21.2. The van der Waals surface area contributed by atoms with Crippen LogP contribution in [0.5, 0.6) is 0 Å². The summed E-state index contributed by atoms with van der Waals surface area (Å²) < 4.78 is 29.7. The van der Waals surface area contributed by atoms with Crippen molar-refractivity contribution in [3.05, 3.63) is 108 Å². The van der Waals surface area contributed by atoms with Gasteiger partial charge in [-0.3, -0.25) is 4.57 Å². The molecule has 3 aromatic carbocycles. The van der Waals surface area contributed by atoms with Crippen LogP contribution in [-0.2, 0) is 38.6 Å². The van der Waals surface area contributed by atoms with Gasteiger partial charge in [-0.05, 0) is 36.1 Å². The van der Waals surface area contributed by atoms with E-state index in [-0.39, 0.29) is 6.16 Å². The number of rotatable bonds is 18. The number of unbranched alkanes of at least 4 members (excludes halogenated alkanes) is 1. The molecule has 7 nitrogen and oxygen atoms in total. The zero-order chi connectivity index (χ0) is 26.2. The molecule has 0 saturated heterocycles. The zero-order valence-corrected chi connectivity index (χ0v) is 22.1. The lowest BCUT2D eigenvalue weighted by molar-refractivity contribution is -0.0507. The highest BCUT2D eigenvalue weighted by atomic mass is 31.2. The topological polar surface area (TPSA) is 97.3 Å². The van der Waals surface area contributed by atoms with E-state index in [9.17, 15) is 14.4 Å². The van der Waals surface area contributed by atoms with E-state index in [1.807, 2.05) is 91.0 Å². The van der Waals surface area contributed by atoms with Crippen LogP contribution in [0.25, 0.3) is 0 Å². The molecule has 3 N–H and O–H groups in total. The van der Waals surface area contributed by atoms with Crippen molar-refractivity contribution in [2.24, 2.45) is 0 Å². The summed E-state index contributed by atoms with van der Waals surface area (Å²) in [6.45, 7) is 2.98. The summed E-state index contributed by atoms with van der Waals surface area (Å²) in [6, 6.07) is 30.0. The van der Waals surface area contributed by atoms with E-state index < -0.39 is 13.1 Å². The van der Waals surface area contributed by atoms with Gasteiger partial charge in [-0.25, -0.2) is 0 Å². The summed E-state index contributed by atoms with van der Waals surface area (Å²) >= 11 is 0. The predicted molar refractivity (Wildman–Crippen MR) is 145 cm³/mol. The van der Waals surface area contributed by atoms with Crippen LogP contribution < -0.4 is 5.32 Å². The van der Waals surface area contributed by atoms with Crippen molar-refractivity contribution in [2.75, 3.05) is 32.5 Å². The summed E-state index contributed by atoms with van der Waals surface area (Å²) in [5, 5.41) is 3.55. The molecular formula is C29H38NO6P. The second kappa shape index (κ2) is 15.8. The standard InChI is InChI=1S/C29H38NO6P/c31-37(32,33)19-11-10-18-30-29(23-34-20-26-12-4-1-5-13-26,24-35-21-27-14-6-2-7-15-27)25-36-22-28-16-8-3-9-17-28/h1-9,12-17,30H,10-11,18-25H2,(H2,31,32,33). The van der Waals surface area contributed by atoms with Crippen molar-refractivity contribution in [1.29, 1.82) is 0 Å². The van der Waals surface area contributed by atoms with Crippen molar-refractivity contribution in [2.45, 2.75) is 38.2 Å². The summed E-state index contributed by atoms with van der Waals surface area (Å²) in [5.74, 6) is 0. The molecule has 37 heavy (non-hydrogen) atoms. The number of hydrogen-bond donors (Lipinski definition) is 3. The first-order valence-electron chi connectivity index (χ1n) is 12.6. The molecule has 0 radical (unpaired) electrons. The predicted octanol–water partition coefficient (Wildman–Crippen LogP) is 4.92. The Labute approximate surface area is 220 Å². The molecule has 0 bridgehead atoms. The normalized spacial score (nSPS) is 12.1. The maximum atomic E-state index is 11.2. The first-order chi connectivity index (χ1) is 17.9. The van der Waals surface area contributed by atoms with Crippen LogP contribution in [0.4, 0.5) is 0 Å². The van der Waals surface area contributed by atoms with Crippen LogP contribution in [-0.4, -0.2) is 47.9 Å². The summed E-state index contributed by atoms with van der Waals surface area (Å²) in [4.78, 5) is 18.4. The molecule has 0 atom stereocenters. The molecule has 0 saturated carbocycles. The van der Waals surface area contributed by atoms with Gasteiger partial charge in [-0.2, -0.15) is 0 Å². The van der Waals surface area contributed by atoms with Gasteiger partial charge in [0.1, 0.15) is 0 Å². The van der Waals surface area contributed by atoms with Crippen LogP contribution in [0.3, 0.4) is 0 Å². The Hall–Kier alpha value is -2.35. The fraction of sp³-hybridized carbons (Fsp3) is 0.379. The highest BCUT2D eigenvalue weighted by molar-refractivity contribution is 7.51. The molecule has 3 aromatic rings. The lowest BCUT2D eigenvalue weighted by atomic mass is 10.0. The van der Waals surface area contributed by atoms with E-state index in [2.05, 4.69) is 5.32 Å². The lowest BCUT2D eigenvalue weighted by Crippen LogP contribution is -2.56. The van der Waals surface area contributed by atoms with Crippen LogP contribution in [0.15, 0.2) is 91.0 Å². The van der Waals surface area contributed by atoms with Crippen LogP contribution in [0.1, 0.15) is 29.5 Å². The van der Waals surface area contributed by atoms with Crippen molar-refractivity contribution < 1.29 is 28.6 Å². The van der Waals surface area contributed by atoms with Crippen LogP contribution >= 0.6 is 7.60 Å². The molecule has 0 aliphatic carbocycles. The van der Waals surface area contributed by atoms with Gasteiger partial charge in [-0.1, -0.05) is 91.0 Å². The number of ether oxygens (including phenoxy) is 3. The Morgan fingerprint density at radius 3 is 1.35 bits per heavy atom. The second-order valence-corrected chi connectivity index (χ2v) is 11.0. The van der Waals surface area contributed by atoms with E-state index in [1.165, 1.54) is 0 Å². The van der Waals surface area contributed by atoms with E-state index in [0.29, 0.717) is 59.0 Å². The minimum Gasteiger partial charge on any atom is -0.375 e. The van der Waals surface area contributed by atoms with E-state index in [0.717, 1.165) is 16.7 Å². The third-order valence-electron chi connectivity index (χ3n) is 5.85. The molecule has 0 spiro atoms. The van der Waals surface area contributed by atoms with Gasteiger partial charge in [0.15, 0.2) is 0 Å². The molecular weight excluding hydrogens is 489 g/mol. The average molecular weight is 528 g/mol. The van der Waals surface area contributed by atoms with Gasteiger partial charge < -0.3 is 29.3 Å². The maximum absolute atomic E-state index is 11.2. The van der Waals surface area contributed by atoms with Gasteiger partial charge in [-0.15, -0.1) is 0 Å². The minimum absolute atomic E-state index is 0.124. The summed E-state index contributed by atoms with van der Waals surface area (Å²) in [5.41, 5.74) is 2.59. The molecule has 0 amide bonds.